The van der Waals surface area contributed by atoms with Gasteiger partial charge in [-0.15, -0.1) is 0 Å². The number of fused-ring (bicyclic) bond motifs is 1. The summed E-state index contributed by atoms with van der Waals surface area (Å²) in [4.78, 5) is 6.95. The summed E-state index contributed by atoms with van der Waals surface area (Å²) >= 11 is 0. The summed E-state index contributed by atoms with van der Waals surface area (Å²) in [6.45, 7) is 6.95. The van der Waals surface area contributed by atoms with Crippen LogP contribution >= 0.6 is 0 Å². The minimum absolute atomic E-state index is 0.627. The van der Waals surface area contributed by atoms with E-state index in [2.05, 4.69) is 22.1 Å². The van der Waals surface area contributed by atoms with Crippen LogP contribution < -0.4 is 5.32 Å². The highest BCUT2D eigenvalue weighted by atomic mass is 16.3. The van der Waals surface area contributed by atoms with E-state index >= 15 is 0 Å². The summed E-state index contributed by atoms with van der Waals surface area (Å²) in [5, 5.41) is 4.52. The van der Waals surface area contributed by atoms with E-state index in [1.54, 1.807) is 12.5 Å². The van der Waals surface area contributed by atoms with E-state index in [1.165, 1.54) is 32.5 Å². The number of pyridine rings is 1. The fourth-order valence-electron chi connectivity index (χ4n) is 2.78. The van der Waals surface area contributed by atoms with Crippen molar-refractivity contribution in [2.45, 2.75) is 19.8 Å². The molecule has 1 unspecified atom stereocenters. The van der Waals surface area contributed by atoms with E-state index in [4.69, 9.17) is 4.42 Å². The largest absolute Gasteiger partial charge is 0.464 e. The predicted octanol–water partition coefficient (Wildman–Crippen LogP) is 2.97. The third kappa shape index (κ3) is 2.89. The Labute approximate surface area is 113 Å². The van der Waals surface area contributed by atoms with Crippen molar-refractivity contribution >= 4 is 16.8 Å². The number of nitrogens with one attached hydrogen (secondary N) is 1. The van der Waals surface area contributed by atoms with Gasteiger partial charge in [0.05, 0.1) is 11.6 Å². The standard InChI is InChI=1S/C15H21N3O/c1-12(11-18-7-2-3-8-18)10-17-15-13-5-9-19-14(13)4-6-16-15/h4-6,9,12H,2-3,7-8,10-11H2,1H3,(H,16,17). The molecule has 4 nitrogen and oxygen atoms in total. The van der Waals surface area contributed by atoms with Gasteiger partial charge in [-0.25, -0.2) is 4.98 Å². The van der Waals surface area contributed by atoms with Crippen LogP contribution in [-0.2, 0) is 0 Å². The van der Waals surface area contributed by atoms with Gasteiger partial charge >= 0.3 is 0 Å². The summed E-state index contributed by atoms with van der Waals surface area (Å²) in [6.07, 6.45) is 6.22. The van der Waals surface area contributed by atoms with Crippen molar-refractivity contribution in [2.75, 3.05) is 31.5 Å². The summed E-state index contributed by atoms with van der Waals surface area (Å²) in [6, 6.07) is 3.87. The van der Waals surface area contributed by atoms with Crippen molar-refractivity contribution in [2.24, 2.45) is 5.92 Å². The molecule has 1 atom stereocenters. The van der Waals surface area contributed by atoms with Crippen LogP contribution in [0.15, 0.2) is 29.0 Å². The Morgan fingerprint density at radius 1 is 1.37 bits per heavy atom. The lowest BCUT2D eigenvalue weighted by atomic mass is 10.1. The number of anilines is 1. The molecule has 1 aliphatic rings. The van der Waals surface area contributed by atoms with Crippen molar-refractivity contribution in [3.63, 3.8) is 0 Å². The predicted molar refractivity (Wildman–Crippen MR) is 77.3 cm³/mol. The van der Waals surface area contributed by atoms with E-state index in [0.29, 0.717) is 5.92 Å². The minimum atomic E-state index is 0.627. The highest BCUT2D eigenvalue weighted by Gasteiger charge is 2.14. The monoisotopic (exact) mass is 259 g/mol. The van der Waals surface area contributed by atoms with Crippen LogP contribution in [0.2, 0.25) is 0 Å². The van der Waals surface area contributed by atoms with Crippen molar-refractivity contribution in [1.29, 1.82) is 0 Å². The van der Waals surface area contributed by atoms with Crippen molar-refractivity contribution in [3.05, 3.63) is 24.6 Å². The zero-order valence-corrected chi connectivity index (χ0v) is 11.4. The number of aromatic nitrogens is 1. The molecular weight excluding hydrogens is 238 g/mol. The quantitative estimate of drug-likeness (QED) is 0.896. The lowest BCUT2D eigenvalue weighted by Crippen LogP contribution is -2.29. The Balaban J connectivity index is 1.57. The van der Waals surface area contributed by atoms with Crippen LogP contribution in [0, 0.1) is 5.92 Å². The van der Waals surface area contributed by atoms with Crippen molar-refractivity contribution in [3.8, 4) is 0 Å². The maximum absolute atomic E-state index is 5.38. The maximum atomic E-state index is 5.38. The van der Waals surface area contributed by atoms with Gasteiger partial charge in [0.25, 0.3) is 0 Å². The number of rotatable bonds is 5. The zero-order valence-electron chi connectivity index (χ0n) is 11.4. The van der Waals surface area contributed by atoms with Gasteiger partial charge in [-0.3, -0.25) is 0 Å². The van der Waals surface area contributed by atoms with Crippen molar-refractivity contribution in [1.82, 2.24) is 9.88 Å². The summed E-state index contributed by atoms with van der Waals surface area (Å²) < 4.78 is 5.38. The van der Waals surface area contributed by atoms with Gasteiger partial charge in [0.15, 0.2) is 0 Å². The molecule has 4 heteroatoms. The van der Waals surface area contributed by atoms with Crippen LogP contribution in [0.3, 0.4) is 0 Å². The van der Waals surface area contributed by atoms with Gasteiger partial charge < -0.3 is 14.6 Å². The number of hydrogen-bond acceptors (Lipinski definition) is 4. The van der Waals surface area contributed by atoms with Gasteiger partial charge in [-0.2, -0.15) is 0 Å². The van der Waals surface area contributed by atoms with E-state index in [1.807, 2.05) is 12.1 Å². The molecule has 1 N–H and O–H groups in total. The number of likely N-dealkylation sites (tertiary alicyclic amines) is 1. The lowest BCUT2D eigenvalue weighted by molar-refractivity contribution is 0.294. The molecule has 1 aliphatic heterocycles. The molecule has 0 radical (unpaired) electrons. The molecule has 0 aromatic carbocycles. The van der Waals surface area contributed by atoms with E-state index in [-0.39, 0.29) is 0 Å². The Morgan fingerprint density at radius 3 is 3.05 bits per heavy atom. The highest BCUT2D eigenvalue weighted by molar-refractivity contribution is 5.87. The van der Waals surface area contributed by atoms with Gasteiger partial charge in [-0.1, -0.05) is 6.92 Å². The Morgan fingerprint density at radius 2 is 2.21 bits per heavy atom. The number of hydrogen-bond donors (Lipinski definition) is 1. The summed E-state index contributed by atoms with van der Waals surface area (Å²) in [7, 11) is 0. The van der Waals surface area contributed by atoms with E-state index < -0.39 is 0 Å². The molecule has 1 fully saturated rings. The molecule has 3 rings (SSSR count). The van der Waals surface area contributed by atoms with Gasteiger partial charge in [-0.05, 0) is 44.0 Å². The fraction of sp³-hybridized carbons (Fsp3) is 0.533. The lowest BCUT2D eigenvalue weighted by Gasteiger charge is -2.20. The molecule has 0 amide bonds. The Kier molecular flexibility index (Phi) is 3.69. The second kappa shape index (κ2) is 5.61. The molecule has 0 spiro atoms. The second-order valence-corrected chi connectivity index (χ2v) is 5.49. The van der Waals surface area contributed by atoms with Gasteiger partial charge in [0, 0.05) is 19.3 Å². The number of furan rings is 1. The zero-order chi connectivity index (χ0) is 13.1. The molecule has 0 aliphatic carbocycles. The second-order valence-electron chi connectivity index (χ2n) is 5.49. The van der Waals surface area contributed by atoms with Crippen LogP contribution in [0.25, 0.3) is 11.0 Å². The number of nitrogens with zero attached hydrogens (tertiary/aromatic N) is 2. The molecule has 19 heavy (non-hydrogen) atoms. The normalized spacial score (nSPS) is 17.9. The van der Waals surface area contributed by atoms with E-state index in [9.17, 15) is 0 Å². The first-order valence-electron chi connectivity index (χ1n) is 7.11. The SMILES string of the molecule is CC(CNc1nccc2occc12)CN1CCCC1. The van der Waals surface area contributed by atoms with Crippen LogP contribution in [0.4, 0.5) is 5.82 Å². The fourth-order valence-corrected chi connectivity index (χ4v) is 2.78. The molecule has 0 saturated carbocycles. The third-order valence-corrected chi connectivity index (χ3v) is 3.77. The first kappa shape index (κ1) is 12.5. The molecule has 3 heterocycles. The van der Waals surface area contributed by atoms with Crippen LogP contribution in [0.5, 0.6) is 0 Å². The summed E-state index contributed by atoms with van der Waals surface area (Å²) in [5.74, 6) is 1.56. The van der Waals surface area contributed by atoms with Crippen LogP contribution in [-0.4, -0.2) is 36.1 Å². The molecule has 102 valence electrons. The summed E-state index contributed by atoms with van der Waals surface area (Å²) in [5.41, 5.74) is 0.893. The Hall–Kier alpha value is -1.55. The topological polar surface area (TPSA) is 41.3 Å². The molecule has 2 aromatic heterocycles. The average Bonchev–Trinajstić information content (AvgIpc) is 3.06. The van der Waals surface area contributed by atoms with Gasteiger partial charge in [0.1, 0.15) is 11.4 Å². The smallest absolute Gasteiger partial charge is 0.139 e. The highest BCUT2D eigenvalue weighted by Crippen LogP contribution is 2.22. The van der Waals surface area contributed by atoms with Crippen LogP contribution in [0.1, 0.15) is 19.8 Å². The third-order valence-electron chi connectivity index (χ3n) is 3.77. The average molecular weight is 259 g/mol. The van der Waals surface area contributed by atoms with Gasteiger partial charge in [0.2, 0.25) is 0 Å². The Bertz CT molecular complexity index is 531. The first-order chi connectivity index (χ1) is 9.33. The molecular formula is C15H21N3O. The molecule has 0 bridgehead atoms. The maximum Gasteiger partial charge on any atom is 0.139 e. The first-order valence-corrected chi connectivity index (χ1v) is 7.11. The minimum Gasteiger partial charge on any atom is -0.464 e. The molecule has 1 saturated heterocycles. The van der Waals surface area contributed by atoms with Crippen molar-refractivity contribution < 1.29 is 4.42 Å². The van der Waals surface area contributed by atoms with E-state index in [0.717, 1.165) is 23.3 Å². The molecule has 2 aromatic rings.